The van der Waals surface area contributed by atoms with Crippen LogP contribution in [0.15, 0.2) is 12.2 Å². The molecule has 69 valence electrons. The van der Waals surface area contributed by atoms with E-state index in [0.717, 1.165) is 32.5 Å². The van der Waals surface area contributed by atoms with E-state index >= 15 is 0 Å². The molecule has 0 fully saturated rings. The Morgan fingerprint density at radius 2 is 2.00 bits per heavy atom. The van der Waals surface area contributed by atoms with Crippen molar-refractivity contribution in [1.29, 1.82) is 0 Å². The molecular formula is C10H18NO. The summed E-state index contributed by atoms with van der Waals surface area (Å²) in [5, 5.41) is 0. The molecule has 0 aliphatic heterocycles. The lowest BCUT2D eigenvalue weighted by atomic mass is 10.2. The molecular weight excluding hydrogens is 150 g/mol. The Morgan fingerprint density at radius 3 is 2.42 bits per heavy atom. The molecule has 0 rings (SSSR count). The summed E-state index contributed by atoms with van der Waals surface area (Å²) in [7, 11) is 0. The van der Waals surface area contributed by atoms with E-state index in [-0.39, 0.29) is 0 Å². The monoisotopic (exact) mass is 168 g/mol. The Labute approximate surface area is 75.3 Å². The first kappa shape index (κ1) is 11.4. The van der Waals surface area contributed by atoms with Gasteiger partial charge >= 0.3 is 0 Å². The average molecular weight is 168 g/mol. The van der Waals surface area contributed by atoms with Crippen molar-refractivity contribution >= 4 is 6.29 Å². The minimum atomic E-state index is 0.585. The van der Waals surface area contributed by atoms with Gasteiger partial charge in [-0.15, -0.1) is 0 Å². The Kier molecular flexibility index (Phi) is 6.67. The second-order valence-corrected chi connectivity index (χ2v) is 2.84. The van der Waals surface area contributed by atoms with Gasteiger partial charge in [0.2, 0.25) is 6.29 Å². The average Bonchev–Trinajstić information content (AvgIpc) is 2.12. The van der Waals surface area contributed by atoms with Crippen LogP contribution in [0.4, 0.5) is 0 Å². The van der Waals surface area contributed by atoms with E-state index in [1.165, 1.54) is 0 Å². The Bertz CT molecular complexity index is 139. The lowest BCUT2D eigenvalue weighted by molar-refractivity contribution is 0.300. The Hall–Kier alpha value is -0.630. The molecule has 0 aromatic rings. The van der Waals surface area contributed by atoms with Gasteiger partial charge in [0.15, 0.2) is 0 Å². The van der Waals surface area contributed by atoms with Crippen LogP contribution in [0.2, 0.25) is 0 Å². The molecule has 0 N–H and O–H groups in total. The molecule has 12 heavy (non-hydrogen) atoms. The van der Waals surface area contributed by atoms with Crippen LogP contribution in [0.5, 0.6) is 0 Å². The van der Waals surface area contributed by atoms with Gasteiger partial charge in [0, 0.05) is 0 Å². The third kappa shape index (κ3) is 5.08. The summed E-state index contributed by atoms with van der Waals surface area (Å²) in [4.78, 5) is 12.4. The van der Waals surface area contributed by atoms with E-state index in [1.54, 1.807) is 0 Å². The standard InChI is InChI=1S/C10H18NO/c1-4-11(5-2)8-6-7-10(3)9-12/h3-8H2,1-2H3. The van der Waals surface area contributed by atoms with Crippen LogP contribution in [-0.2, 0) is 4.79 Å². The molecule has 0 atom stereocenters. The summed E-state index contributed by atoms with van der Waals surface area (Å²) in [6, 6.07) is 0. The van der Waals surface area contributed by atoms with Crippen LogP contribution in [0.25, 0.3) is 0 Å². The molecule has 0 bridgehead atoms. The predicted octanol–water partition coefficient (Wildman–Crippen LogP) is 1.77. The van der Waals surface area contributed by atoms with Gasteiger partial charge in [-0.05, 0) is 38.0 Å². The highest BCUT2D eigenvalue weighted by Crippen LogP contribution is 2.00. The highest BCUT2D eigenvalue weighted by Gasteiger charge is 1.99. The van der Waals surface area contributed by atoms with Gasteiger partial charge < -0.3 is 4.90 Å². The summed E-state index contributed by atoms with van der Waals surface area (Å²) in [6.07, 6.45) is 3.60. The molecule has 2 heteroatoms. The van der Waals surface area contributed by atoms with Gasteiger partial charge in [-0.25, -0.2) is 0 Å². The van der Waals surface area contributed by atoms with Crippen LogP contribution >= 0.6 is 0 Å². The van der Waals surface area contributed by atoms with Gasteiger partial charge in [0.25, 0.3) is 0 Å². The zero-order chi connectivity index (χ0) is 9.40. The summed E-state index contributed by atoms with van der Waals surface area (Å²) in [5.74, 6) is 0. The van der Waals surface area contributed by atoms with Crippen LogP contribution in [0.3, 0.4) is 0 Å². The third-order valence-electron chi connectivity index (χ3n) is 1.99. The summed E-state index contributed by atoms with van der Waals surface area (Å²) in [6.45, 7) is 11.1. The molecule has 0 unspecified atom stereocenters. The number of allylic oxidation sites excluding steroid dienone is 1. The van der Waals surface area contributed by atoms with Crippen molar-refractivity contribution in [2.45, 2.75) is 26.7 Å². The number of hydrogen-bond acceptors (Lipinski definition) is 2. The molecule has 0 aliphatic rings. The first-order valence-electron chi connectivity index (χ1n) is 4.52. The van der Waals surface area contributed by atoms with E-state index in [2.05, 4.69) is 25.3 Å². The fourth-order valence-corrected chi connectivity index (χ4v) is 1.11. The largest absolute Gasteiger partial charge is 0.304 e. The fourth-order valence-electron chi connectivity index (χ4n) is 1.11. The molecule has 0 saturated carbocycles. The van der Waals surface area contributed by atoms with Gasteiger partial charge in [-0.1, -0.05) is 20.4 Å². The van der Waals surface area contributed by atoms with Crippen LogP contribution in [0.1, 0.15) is 26.7 Å². The van der Waals surface area contributed by atoms with Crippen LogP contribution < -0.4 is 0 Å². The van der Waals surface area contributed by atoms with Crippen molar-refractivity contribution < 1.29 is 4.79 Å². The van der Waals surface area contributed by atoms with E-state index in [4.69, 9.17) is 0 Å². The molecule has 0 saturated heterocycles. The fraction of sp³-hybridized carbons (Fsp3) is 0.700. The highest BCUT2D eigenvalue weighted by atomic mass is 16.1. The maximum atomic E-state index is 10.1. The van der Waals surface area contributed by atoms with Crippen molar-refractivity contribution in [2.24, 2.45) is 0 Å². The van der Waals surface area contributed by atoms with Gasteiger partial charge in [0.05, 0.1) is 0 Å². The first-order chi connectivity index (χ1) is 5.74. The SMILES string of the molecule is C=C([C]=O)CCCN(CC)CC. The van der Waals surface area contributed by atoms with Crippen molar-refractivity contribution in [1.82, 2.24) is 4.90 Å². The topological polar surface area (TPSA) is 20.3 Å². The normalized spacial score (nSPS) is 10.2. The van der Waals surface area contributed by atoms with E-state index < -0.39 is 0 Å². The molecule has 0 amide bonds. The minimum Gasteiger partial charge on any atom is -0.304 e. The number of hydrogen-bond donors (Lipinski definition) is 0. The molecule has 2 nitrogen and oxygen atoms in total. The summed E-state index contributed by atoms with van der Waals surface area (Å²) >= 11 is 0. The zero-order valence-electron chi connectivity index (χ0n) is 8.10. The lowest BCUT2D eigenvalue weighted by Gasteiger charge is -2.17. The van der Waals surface area contributed by atoms with Crippen molar-refractivity contribution in [3.05, 3.63) is 12.2 Å². The molecule has 1 radical (unpaired) electrons. The molecule has 0 aromatic heterocycles. The smallest absolute Gasteiger partial charge is 0.228 e. The van der Waals surface area contributed by atoms with Gasteiger partial charge in [-0.3, -0.25) is 4.79 Å². The van der Waals surface area contributed by atoms with Crippen LogP contribution in [-0.4, -0.2) is 30.8 Å². The number of rotatable bonds is 7. The van der Waals surface area contributed by atoms with E-state index in [0.29, 0.717) is 5.57 Å². The molecule has 0 heterocycles. The van der Waals surface area contributed by atoms with Gasteiger partial charge in [-0.2, -0.15) is 0 Å². The summed E-state index contributed by atoms with van der Waals surface area (Å²) in [5.41, 5.74) is 0.585. The summed E-state index contributed by atoms with van der Waals surface area (Å²) < 4.78 is 0. The minimum absolute atomic E-state index is 0.585. The maximum absolute atomic E-state index is 10.1. The van der Waals surface area contributed by atoms with Crippen molar-refractivity contribution in [2.75, 3.05) is 19.6 Å². The molecule has 0 spiro atoms. The van der Waals surface area contributed by atoms with E-state index in [9.17, 15) is 4.79 Å². The maximum Gasteiger partial charge on any atom is 0.228 e. The first-order valence-corrected chi connectivity index (χ1v) is 4.52. The number of carbonyl (C=O) groups excluding carboxylic acids is 1. The second kappa shape index (κ2) is 7.04. The van der Waals surface area contributed by atoms with Gasteiger partial charge in [0.1, 0.15) is 0 Å². The second-order valence-electron chi connectivity index (χ2n) is 2.84. The predicted molar refractivity (Wildman–Crippen MR) is 51.9 cm³/mol. The lowest BCUT2D eigenvalue weighted by Crippen LogP contribution is -2.23. The van der Waals surface area contributed by atoms with Crippen molar-refractivity contribution in [3.63, 3.8) is 0 Å². The molecule has 0 aliphatic carbocycles. The number of nitrogens with zero attached hydrogens (tertiary/aromatic N) is 1. The zero-order valence-corrected chi connectivity index (χ0v) is 8.10. The quantitative estimate of drug-likeness (QED) is 0.540. The van der Waals surface area contributed by atoms with Crippen molar-refractivity contribution in [3.8, 4) is 0 Å². The molecule has 0 aromatic carbocycles. The van der Waals surface area contributed by atoms with Crippen LogP contribution in [0, 0.1) is 0 Å². The highest BCUT2D eigenvalue weighted by molar-refractivity contribution is 5.72. The van der Waals surface area contributed by atoms with E-state index in [1.807, 2.05) is 6.29 Å². The Morgan fingerprint density at radius 1 is 1.42 bits per heavy atom. The third-order valence-corrected chi connectivity index (χ3v) is 1.99. The Balaban J connectivity index is 3.40.